The standard InChI is InChI=1S/C21H33N3O3/c1-20(2,3)24-11-6-17(15-24)19(27)22-12-8-21(9-13-22)7-5-18(26)23(16-21)10-4-14-25/h6,11,15,25H,4-5,7-10,12-14,16H2,1-3H3. The monoisotopic (exact) mass is 375 g/mol. The van der Waals surface area contributed by atoms with Crippen LogP contribution in [-0.2, 0) is 10.3 Å². The van der Waals surface area contributed by atoms with Gasteiger partial charge in [0.15, 0.2) is 0 Å². The van der Waals surface area contributed by atoms with Gasteiger partial charge in [-0.1, -0.05) is 0 Å². The summed E-state index contributed by atoms with van der Waals surface area (Å²) in [5.41, 5.74) is 0.860. The lowest BCUT2D eigenvalue weighted by Crippen LogP contribution is -2.52. The fraction of sp³-hybridized carbons (Fsp3) is 0.714. The van der Waals surface area contributed by atoms with E-state index in [1.54, 1.807) is 0 Å². The number of aliphatic hydroxyl groups is 1. The van der Waals surface area contributed by atoms with Gasteiger partial charge in [0.05, 0.1) is 5.56 Å². The quantitative estimate of drug-likeness (QED) is 0.879. The van der Waals surface area contributed by atoms with Gasteiger partial charge in [-0.25, -0.2) is 0 Å². The first-order valence-electron chi connectivity index (χ1n) is 10.1. The molecule has 3 heterocycles. The Kier molecular flexibility index (Phi) is 5.65. The molecule has 3 rings (SSSR count). The summed E-state index contributed by atoms with van der Waals surface area (Å²) in [5, 5.41) is 9.06. The number of hydrogen-bond acceptors (Lipinski definition) is 3. The van der Waals surface area contributed by atoms with Crippen LogP contribution >= 0.6 is 0 Å². The van der Waals surface area contributed by atoms with E-state index >= 15 is 0 Å². The Morgan fingerprint density at radius 3 is 2.52 bits per heavy atom. The van der Waals surface area contributed by atoms with Crippen LogP contribution in [0.5, 0.6) is 0 Å². The second kappa shape index (κ2) is 7.66. The van der Waals surface area contributed by atoms with Crippen molar-refractivity contribution in [3.05, 3.63) is 24.0 Å². The summed E-state index contributed by atoms with van der Waals surface area (Å²) in [5.74, 6) is 0.313. The van der Waals surface area contributed by atoms with E-state index in [0.29, 0.717) is 19.4 Å². The fourth-order valence-corrected chi connectivity index (χ4v) is 4.28. The molecule has 2 amide bonds. The van der Waals surface area contributed by atoms with E-state index in [4.69, 9.17) is 5.11 Å². The second-order valence-electron chi connectivity index (χ2n) is 9.16. The summed E-state index contributed by atoms with van der Waals surface area (Å²) in [7, 11) is 0. The number of aliphatic hydroxyl groups excluding tert-OH is 1. The Labute approximate surface area is 162 Å². The highest BCUT2D eigenvalue weighted by Gasteiger charge is 2.41. The van der Waals surface area contributed by atoms with Crippen molar-refractivity contribution < 1.29 is 14.7 Å². The Bertz CT molecular complexity index is 681. The zero-order chi connectivity index (χ0) is 19.7. The maximum Gasteiger partial charge on any atom is 0.255 e. The summed E-state index contributed by atoms with van der Waals surface area (Å²) in [4.78, 5) is 28.9. The lowest BCUT2D eigenvalue weighted by Gasteiger charge is -2.47. The van der Waals surface area contributed by atoms with Gasteiger partial charge in [-0.05, 0) is 57.9 Å². The maximum atomic E-state index is 12.9. The number of hydrogen-bond donors (Lipinski definition) is 1. The highest BCUT2D eigenvalue weighted by atomic mass is 16.3. The van der Waals surface area contributed by atoms with Crippen LogP contribution in [0.15, 0.2) is 18.5 Å². The number of amides is 2. The van der Waals surface area contributed by atoms with Crippen molar-refractivity contribution in [3.8, 4) is 0 Å². The highest BCUT2D eigenvalue weighted by Crippen LogP contribution is 2.40. The third-order valence-corrected chi connectivity index (χ3v) is 6.16. The molecule has 2 fully saturated rings. The van der Waals surface area contributed by atoms with Crippen molar-refractivity contribution in [3.63, 3.8) is 0 Å². The molecule has 2 aliphatic rings. The molecule has 6 nitrogen and oxygen atoms in total. The third-order valence-electron chi connectivity index (χ3n) is 6.16. The van der Waals surface area contributed by atoms with Gasteiger partial charge < -0.3 is 19.5 Å². The van der Waals surface area contributed by atoms with Gasteiger partial charge in [0, 0.05) is 57.1 Å². The first-order valence-corrected chi connectivity index (χ1v) is 10.1. The first-order chi connectivity index (χ1) is 12.7. The molecule has 150 valence electrons. The highest BCUT2D eigenvalue weighted by molar-refractivity contribution is 5.94. The molecule has 1 N–H and O–H groups in total. The largest absolute Gasteiger partial charge is 0.396 e. The topological polar surface area (TPSA) is 65.8 Å². The molecule has 0 aromatic carbocycles. The zero-order valence-corrected chi connectivity index (χ0v) is 16.9. The van der Waals surface area contributed by atoms with Crippen molar-refractivity contribution in [2.24, 2.45) is 5.41 Å². The van der Waals surface area contributed by atoms with Gasteiger partial charge in [-0.15, -0.1) is 0 Å². The van der Waals surface area contributed by atoms with Crippen LogP contribution in [0.25, 0.3) is 0 Å². The Hall–Kier alpha value is -1.82. The summed E-state index contributed by atoms with van der Waals surface area (Å²) >= 11 is 0. The number of likely N-dealkylation sites (tertiary alicyclic amines) is 2. The Morgan fingerprint density at radius 1 is 1.22 bits per heavy atom. The molecule has 0 saturated carbocycles. The number of rotatable bonds is 4. The van der Waals surface area contributed by atoms with Crippen molar-refractivity contribution in [1.82, 2.24) is 14.4 Å². The molecule has 0 aliphatic carbocycles. The van der Waals surface area contributed by atoms with Gasteiger partial charge in [-0.3, -0.25) is 9.59 Å². The molecular weight excluding hydrogens is 342 g/mol. The predicted molar refractivity (Wildman–Crippen MR) is 105 cm³/mol. The van der Waals surface area contributed by atoms with Crippen molar-refractivity contribution in [1.29, 1.82) is 0 Å². The number of piperidine rings is 2. The van der Waals surface area contributed by atoms with Gasteiger partial charge in [0.25, 0.3) is 5.91 Å². The molecular formula is C21H33N3O3. The molecule has 0 bridgehead atoms. The van der Waals surface area contributed by atoms with Crippen LogP contribution in [0, 0.1) is 5.41 Å². The van der Waals surface area contributed by atoms with Crippen LogP contribution in [0.2, 0.25) is 0 Å². The minimum absolute atomic E-state index is 0.0306. The number of nitrogens with zero attached hydrogens (tertiary/aromatic N) is 3. The minimum Gasteiger partial charge on any atom is -0.396 e. The van der Waals surface area contributed by atoms with Crippen LogP contribution in [0.1, 0.15) is 63.2 Å². The van der Waals surface area contributed by atoms with E-state index in [-0.39, 0.29) is 29.4 Å². The summed E-state index contributed by atoms with van der Waals surface area (Å²) in [6.07, 6.45) is 7.96. The molecule has 0 radical (unpaired) electrons. The van der Waals surface area contributed by atoms with Gasteiger partial charge >= 0.3 is 0 Å². The lowest BCUT2D eigenvalue weighted by atomic mass is 9.72. The van der Waals surface area contributed by atoms with Gasteiger partial charge in [0.1, 0.15) is 0 Å². The maximum absolute atomic E-state index is 12.9. The van der Waals surface area contributed by atoms with Crippen LogP contribution in [-0.4, -0.2) is 64.1 Å². The predicted octanol–water partition coefficient (Wildman–Crippen LogP) is 2.47. The molecule has 1 aromatic heterocycles. The van der Waals surface area contributed by atoms with Crippen LogP contribution < -0.4 is 0 Å². The van der Waals surface area contributed by atoms with E-state index in [0.717, 1.165) is 44.5 Å². The van der Waals surface area contributed by atoms with E-state index in [2.05, 4.69) is 25.3 Å². The number of carbonyl (C=O) groups is 2. The van der Waals surface area contributed by atoms with E-state index < -0.39 is 0 Å². The van der Waals surface area contributed by atoms with Gasteiger partial charge in [0.2, 0.25) is 5.91 Å². The summed E-state index contributed by atoms with van der Waals surface area (Å²) in [6, 6.07) is 1.91. The summed E-state index contributed by atoms with van der Waals surface area (Å²) in [6.45, 7) is 9.40. The molecule has 27 heavy (non-hydrogen) atoms. The van der Waals surface area contributed by atoms with Crippen molar-refractivity contribution in [2.45, 2.75) is 58.4 Å². The lowest BCUT2D eigenvalue weighted by molar-refractivity contribution is -0.139. The average molecular weight is 376 g/mol. The Balaban J connectivity index is 1.60. The molecule has 1 aromatic rings. The second-order valence-corrected chi connectivity index (χ2v) is 9.16. The van der Waals surface area contributed by atoms with Crippen molar-refractivity contribution in [2.75, 3.05) is 32.8 Å². The molecule has 2 saturated heterocycles. The van der Waals surface area contributed by atoms with E-state index in [1.807, 2.05) is 28.3 Å². The zero-order valence-electron chi connectivity index (χ0n) is 16.9. The molecule has 2 aliphatic heterocycles. The Morgan fingerprint density at radius 2 is 1.93 bits per heavy atom. The molecule has 6 heteroatoms. The van der Waals surface area contributed by atoms with Gasteiger partial charge in [-0.2, -0.15) is 0 Å². The minimum atomic E-state index is -0.0306. The van der Waals surface area contributed by atoms with Crippen LogP contribution in [0.3, 0.4) is 0 Å². The normalized spacial score (nSPS) is 20.4. The number of carbonyl (C=O) groups excluding carboxylic acids is 2. The molecule has 1 spiro atoms. The molecule has 0 atom stereocenters. The fourth-order valence-electron chi connectivity index (χ4n) is 4.28. The third kappa shape index (κ3) is 4.37. The van der Waals surface area contributed by atoms with E-state index in [1.165, 1.54) is 0 Å². The average Bonchev–Trinajstić information content (AvgIpc) is 3.13. The van der Waals surface area contributed by atoms with E-state index in [9.17, 15) is 9.59 Å². The van der Waals surface area contributed by atoms with Crippen LogP contribution in [0.4, 0.5) is 0 Å². The molecule has 0 unspecified atom stereocenters. The smallest absolute Gasteiger partial charge is 0.255 e. The SMILES string of the molecule is CC(C)(C)n1ccc(C(=O)N2CCC3(CCC(=O)N(CCCO)C3)CC2)c1. The summed E-state index contributed by atoms with van der Waals surface area (Å²) < 4.78 is 2.08. The first kappa shape index (κ1) is 19.9. The number of aromatic nitrogens is 1. The van der Waals surface area contributed by atoms with Crippen molar-refractivity contribution >= 4 is 11.8 Å².